The first-order valence-electron chi connectivity index (χ1n) is 4.48. The molecule has 0 atom stereocenters. The Labute approximate surface area is 105 Å². The molecular weight excluding hydrogens is 262 g/mol. The first-order valence-corrected chi connectivity index (χ1v) is 6.07. The molecule has 0 saturated carbocycles. The lowest BCUT2D eigenvalue weighted by atomic mass is 10.4. The van der Waals surface area contributed by atoms with Crippen molar-refractivity contribution in [3.63, 3.8) is 0 Å². The van der Waals surface area contributed by atoms with E-state index < -0.39 is 4.92 Å². The molecule has 2 rings (SSSR count). The first kappa shape index (κ1) is 11.7. The van der Waals surface area contributed by atoms with Crippen molar-refractivity contribution in [3.05, 3.63) is 28.6 Å². The maximum absolute atomic E-state index is 10.7. The van der Waals surface area contributed by atoms with Gasteiger partial charge in [0.1, 0.15) is 17.2 Å². The summed E-state index contributed by atoms with van der Waals surface area (Å²) < 4.78 is 4.55. The van der Waals surface area contributed by atoms with Gasteiger partial charge in [0, 0.05) is 13.1 Å². The van der Waals surface area contributed by atoms with Crippen LogP contribution in [-0.2, 0) is 0 Å². The van der Waals surface area contributed by atoms with Crippen molar-refractivity contribution in [2.75, 3.05) is 12.4 Å². The molecule has 0 radical (unpaired) electrons. The highest BCUT2D eigenvalue weighted by Crippen LogP contribution is 2.30. The molecule has 2 heterocycles. The number of hydrogen-bond donors (Lipinski definition) is 1. The van der Waals surface area contributed by atoms with Crippen LogP contribution >= 0.6 is 23.3 Å². The monoisotopic (exact) mass is 269 g/mol. The van der Waals surface area contributed by atoms with Crippen LogP contribution < -0.4 is 5.32 Å². The van der Waals surface area contributed by atoms with E-state index in [4.69, 9.17) is 0 Å². The lowest BCUT2D eigenvalue weighted by Gasteiger charge is -2.02. The van der Waals surface area contributed by atoms with Gasteiger partial charge in [0.05, 0.1) is 11.0 Å². The summed E-state index contributed by atoms with van der Waals surface area (Å²) in [6.07, 6.45) is 1.43. The molecule has 0 bridgehead atoms. The topological polar surface area (TPSA) is 93.8 Å². The van der Waals surface area contributed by atoms with E-state index in [1.165, 1.54) is 41.8 Å². The zero-order chi connectivity index (χ0) is 12.3. The molecule has 0 unspecified atom stereocenters. The van der Waals surface area contributed by atoms with E-state index in [9.17, 15) is 10.1 Å². The molecule has 1 N–H and O–H groups in total. The minimum Gasteiger partial charge on any atom is -0.373 e. The summed E-state index contributed by atoms with van der Waals surface area (Å²) in [5, 5.41) is 14.0. The maximum atomic E-state index is 10.7. The Morgan fingerprint density at radius 2 is 2.35 bits per heavy atom. The van der Waals surface area contributed by atoms with E-state index in [-0.39, 0.29) is 5.69 Å². The summed E-state index contributed by atoms with van der Waals surface area (Å²) in [6.45, 7) is 0. The van der Waals surface area contributed by atoms with Crippen LogP contribution in [0.5, 0.6) is 0 Å². The quantitative estimate of drug-likeness (QED) is 0.670. The largest absolute Gasteiger partial charge is 0.373 e. The van der Waals surface area contributed by atoms with Gasteiger partial charge in [-0.3, -0.25) is 10.1 Å². The number of hydrogen-bond acceptors (Lipinski definition) is 8. The van der Waals surface area contributed by atoms with Crippen LogP contribution in [0.3, 0.4) is 0 Å². The first-order chi connectivity index (χ1) is 8.19. The van der Waals surface area contributed by atoms with E-state index >= 15 is 0 Å². The van der Waals surface area contributed by atoms with Crippen LogP contribution in [0.25, 0.3) is 0 Å². The van der Waals surface area contributed by atoms with E-state index in [0.29, 0.717) is 15.2 Å². The third kappa shape index (κ3) is 2.88. The van der Waals surface area contributed by atoms with E-state index in [1.54, 1.807) is 7.05 Å². The van der Waals surface area contributed by atoms with Crippen LogP contribution in [0.15, 0.2) is 27.8 Å². The van der Waals surface area contributed by atoms with Gasteiger partial charge in [-0.05, 0) is 23.3 Å². The van der Waals surface area contributed by atoms with Gasteiger partial charge in [0.15, 0.2) is 4.34 Å². The minimum absolute atomic E-state index is 0.00337. The van der Waals surface area contributed by atoms with Crippen LogP contribution in [-0.4, -0.2) is 26.3 Å². The van der Waals surface area contributed by atoms with Crippen molar-refractivity contribution in [2.45, 2.75) is 9.37 Å². The molecule has 0 saturated heterocycles. The SMILES string of the molecule is CNc1cc([N+](=O)[O-])cc(Sc2ncns2)n1. The van der Waals surface area contributed by atoms with Crippen molar-refractivity contribution >= 4 is 34.8 Å². The smallest absolute Gasteiger partial charge is 0.275 e. The highest BCUT2D eigenvalue weighted by atomic mass is 32.2. The molecule has 0 aliphatic heterocycles. The van der Waals surface area contributed by atoms with Gasteiger partial charge in [-0.15, -0.1) is 0 Å². The lowest BCUT2D eigenvalue weighted by molar-refractivity contribution is -0.385. The Balaban J connectivity index is 2.33. The summed E-state index contributed by atoms with van der Waals surface area (Å²) in [5.41, 5.74) is -0.00337. The molecule has 17 heavy (non-hydrogen) atoms. The molecule has 2 aromatic heterocycles. The van der Waals surface area contributed by atoms with Gasteiger partial charge in [-0.1, -0.05) is 0 Å². The fourth-order valence-electron chi connectivity index (χ4n) is 1.07. The summed E-state index contributed by atoms with van der Waals surface area (Å²) in [6, 6.07) is 2.79. The Hall–Kier alpha value is -1.74. The lowest BCUT2D eigenvalue weighted by Crippen LogP contribution is -1.96. The normalized spacial score (nSPS) is 10.2. The van der Waals surface area contributed by atoms with Crippen molar-refractivity contribution in [2.24, 2.45) is 0 Å². The number of nitro groups is 1. The second kappa shape index (κ2) is 5.06. The second-order valence-corrected chi connectivity index (χ2v) is 4.91. The number of aromatic nitrogens is 3. The Bertz CT molecular complexity index is 531. The highest BCUT2D eigenvalue weighted by molar-refractivity contribution is 8.00. The van der Waals surface area contributed by atoms with Crippen molar-refractivity contribution in [3.8, 4) is 0 Å². The Kier molecular flexibility index (Phi) is 3.49. The average Bonchev–Trinajstić information content (AvgIpc) is 2.81. The minimum atomic E-state index is -0.452. The molecule has 88 valence electrons. The average molecular weight is 269 g/mol. The number of nitrogens with zero attached hydrogens (tertiary/aromatic N) is 4. The Morgan fingerprint density at radius 3 is 2.94 bits per heavy atom. The predicted octanol–water partition coefficient (Wildman–Crippen LogP) is 2.03. The van der Waals surface area contributed by atoms with Crippen molar-refractivity contribution in [1.29, 1.82) is 0 Å². The van der Waals surface area contributed by atoms with Crippen LogP contribution in [0.2, 0.25) is 0 Å². The third-order valence-electron chi connectivity index (χ3n) is 1.79. The van der Waals surface area contributed by atoms with Gasteiger partial charge < -0.3 is 5.32 Å². The molecule has 0 amide bonds. The fourth-order valence-corrected chi connectivity index (χ4v) is 2.49. The summed E-state index contributed by atoms with van der Waals surface area (Å²) >= 11 is 2.46. The molecule has 0 aromatic carbocycles. The van der Waals surface area contributed by atoms with Gasteiger partial charge in [0.25, 0.3) is 5.69 Å². The summed E-state index contributed by atoms with van der Waals surface area (Å²) in [7, 11) is 1.66. The molecule has 0 spiro atoms. The maximum Gasteiger partial charge on any atom is 0.275 e. The number of nitrogens with one attached hydrogen (secondary N) is 1. The predicted molar refractivity (Wildman–Crippen MR) is 64.5 cm³/mol. The van der Waals surface area contributed by atoms with Crippen LogP contribution in [0.4, 0.5) is 11.5 Å². The molecular formula is C8H7N5O2S2. The van der Waals surface area contributed by atoms with Crippen LogP contribution in [0.1, 0.15) is 0 Å². The number of anilines is 1. The fraction of sp³-hybridized carbons (Fsp3) is 0.125. The third-order valence-corrected chi connectivity index (χ3v) is 3.42. The second-order valence-electron chi connectivity index (χ2n) is 2.87. The zero-order valence-electron chi connectivity index (χ0n) is 8.65. The van der Waals surface area contributed by atoms with Gasteiger partial charge >= 0.3 is 0 Å². The van der Waals surface area contributed by atoms with E-state index in [1.807, 2.05) is 0 Å². The molecule has 2 aromatic rings. The molecule has 0 aliphatic carbocycles. The van der Waals surface area contributed by atoms with E-state index in [2.05, 4.69) is 19.7 Å². The number of rotatable bonds is 4. The van der Waals surface area contributed by atoms with Gasteiger partial charge in [0.2, 0.25) is 0 Å². The molecule has 7 nitrogen and oxygen atoms in total. The van der Waals surface area contributed by atoms with Gasteiger partial charge in [-0.25, -0.2) is 9.97 Å². The number of pyridine rings is 1. The van der Waals surface area contributed by atoms with Crippen molar-refractivity contribution in [1.82, 2.24) is 14.3 Å². The van der Waals surface area contributed by atoms with E-state index in [0.717, 1.165) is 0 Å². The summed E-state index contributed by atoms with van der Waals surface area (Å²) in [5.74, 6) is 0.450. The molecule has 0 aliphatic rings. The standard InChI is InChI=1S/C8H7N5O2S2/c1-9-6-2-5(13(14)15)3-7(12-6)16-8-10-4-11-17-8/h2-4H,1H3,(H,9,12). The van der Waals surface area contributed by atoms with Gasteiger partial charge in [-0.2, -0.15) is 4.37 Å². The molecule has 9 heteroatoms. The molecule has 0 fully saturated rings. The summed E-state index contributed by atoms with van der Waals surface area (Å²) in [4.78, 5) is 18.5. The van der Waals surface area contributed by atoms with Crippen molar-refractivity contribution < 1.29 is 4.92 Å². The zero-order valence-corrected chi connectivity index (χ0v) is 10.3. The van der Waals surface area contributed by atoms with Crippen LogP contribution in [0, 0.1) is 10.1 Å². The Morgan fingerprint density at radius 1 is 1.53 bits per heavy atom. The highest BCUT2D eigenvalue weighted by Gasteiger charge is 2.12.